The summed E-state index contributed by atoms with van der Waals surface area (Å²) in [5, 5.41) is 26.3. The van der Waals surface area contributed by atoms with Crippen molar-refractivity contribution in [2.75, 3.05) is 13.1 Å². The van der Waals surface area contributed by atoms with Crippen LogP contribution < -0.4 is 10.6 Å². The van der Waals surface area contributed by atoms with E-state index in [0.717, 1.165) is 12.8 Å². The average molecular weight is 279 g/mol. The minimum Gasteiger partial charge on any atom is -0.387 e. The lowest BCUT2D eigenvalue weighted by Gasteiger charge is -2.24. The van der Waals surface area contributed by atoms with Crippen molar-refractivity contribution in [3.05, 3.63) is 39.9 Å². The van der Waals surface area contributed by atoms with E-state index < -0.39 is 11.0 Å². The number of non-ortho nitro benzene ring substituents is 1. The van der Waals surface area contributed by atoms with Gasteiger partial charge < -0.3 is 15.7 Å². The molecule has 0 bridgehead atoms. The number of carbonyl (C=O) groups excluding carboxylic acids is 1. The quantitative estimate of drug-likeness (QED) is 0.537. The first-order valence-corrected chi connectivity index (χ1v) is 6.51. The van der Waals surface area contributed by atoms with E-state index in [2.05, 4.69) is 10.6 Å². The molecule has 0 spiro atoms. The molecule has 1 fully saturated rings. The zero-order valence-corrected chi connectivity index (χ0v) is 10.9. The van der Waals surface area contributed by atoms with E-state index in [1.165, 1.54) is 24.3 Å². The highest BCUT2D eigenvalue weighted by atomic mass is 16.6. The molecule has 1 aliphatic heterocycles. The number of amides is 1. The Morgan fingerprint density at radius 2 is 2.15 bits per heavy atom. The third kappa shape index (κ3) is 3.52. The Labute approximate surface area is 116 Å². The fourth-order valence-electron chi connectivity index (χ4n) is 2.16. The van der Waals surface area contributed by atoms with Crippen molar-refractivity contribution in [3.8, 4) is 0 Å². The molecule has 2 unspecified atom stereocenters. The second-order valence-corrected chi connectivity index (χ2v) is 4.76. The Hall–Kier alpha value is -1.99. The number of hydrogen-bond donors (Lipinski definition) is 3. The summed E-state index contributed by atoms with van der Waals surface area (Å²) in [5.41, 5.74) is 0.569. The maximum atomic E-state index is 11.5. The van der Waals surface area contributed by atoms with Gasteiger partial charge >= 0.3 is 0 Å². The fraction of sp³-hybridized carbons (Fsp3) is 0.462. The predicted octanol–water partition coefficient (Wildman–Crippen LogP) is 0.496. The van der Waals surface area contributed by atoms with Gasteiger partial charge in [0, 0.05) is 25.2 Å². The Bertz CT molecular complexity index is 489. The first-order valence-electron chi connectivity index (χ1n) is 6.51. The Balaban J connectivity index is 1.89. The molecule has 1 aliphatic rings. The van der Waals surface area contributed by atoms with Crippen LogP contribution in [0.15, 0.2) is 24.3 Å². The van der Waals surface area contributed by atoms with Gasteiger partial charge in [0.1, 0.15) is 0 Å². The molecule has 3 N–H and O–H groups in total. The van der Waals surface area contributed by atoms with E-state index in [9.17, 15) is 20.0 Å². The van der Waals surface area contributed by atoms with Crippen molar-refractivity contribution in [1.82, 2.24) is 10.6 Å². The van der Waals surface area contributed by atoms with Gasteiger partial charge in [0.2, 0.25) is 5.91 Å². The van der Waals surface area contributed by atoms with E-state index in [4.69, 9.17) is 0 Å². The van der Waals surface area contributed by atoms with Gasteiger partial charge in [-0.2, -0.15) is 0 Å². The summed E-state index contributed by atoms with van der Waals surface area (Å²) in [6.07, 6.45) is 0.862. The molecule has 2 rings (SSSR count). The number of rotatable bonds is 5. The molecule has 1 heterocycles. The summed E-state index contributed by atoms with van der Waals surface area (Å²) in [7, 11) is 0. The Morgan fingerprint density at radius 3 is 2.75 bits per heavy atom. The number of nitrogens with one attached hydrogen (secondary N) is 2. The topological polar surface area (TPSA) is 104 Å². The second kappa shape index (κ2) is 6.44. The van der Waals surface area contributed by atoms with Gasteiger partial charge in [0.05, 0.1) is 17.1 Å². The van der Waals surface area contributed by atoms with Crippen LogP contribution in [-0.2, 0) is 4.79 Å². The summed E-state index contributed by atoms with van der Waals surface area (Å²) in [6, 6.07) is 5.46. The monoisotopic (exact) mass is 279 g/mol. The van der Waals surface area contributed by atoms with Crippen LogP contribution in [0.25, 0.3) is 0 Å². The first-order chi connectivity index (χ1) is 9.58. The predicted molar refractivity (Wildman–Crippen MR) is 72.1 cm³/mol. The number of aliphatic hydroxyl groups is 1. The van der Waals surface area contributed by atoms with Crippen molar-refractivity contribution in [2.45, 2.75) is 25.0 Å². The van der Waals surface area contributed by atoms with Crippen molar-refractivity contribution >= 4 is 11.6 Å². The van der Waals surface area contributed by atoms with Gasteiger partial charge in [-0.3, -0.25) is 14.9 Å². The maximum absolute atomic E-state index is 11.5. The molecule has 0 aliphatic carbocycles. The molecule has 108 valence electrons. The molecule has 0 saturated carbocycles. The molecular formula is C13H17N3O4. The number of benzene rings is 1. The lowest BCUT2D eigenvalue weighted by Crippen LogP contribution is -2.49. The number of aliphatic hydroxyl groups excluding tert-OH is 1. The van der Waals surface area contributed by atoms with Crippen LogP contribution in [0.2, 0.25) is 0 Å². The normalized spacial score (nSPS) is 20.2. The number of piperidine rings is 1. The Morgan fingerprint density at radius 1 is 1.45 bits per heavy atom. The molecular weight excluding hydrogens is 262 g/mol. The molecule has 20 heavy (non-hydrogen) atoms. The molecule has 7 heteroatoms. The summed E-state index contributed by atoms with van der Waals surface area (Å²) in [4.78, 5) is 21.6. The number of hydrogen-bond acceptors (Lipinski definition) is 5. The van der Waals surface area contributed by atoms with Crippen LogP contribution in [0.1, 0.15) is 24.5 Å². The van der Waals surface area contributed by atoms with Crippen molar-refractivity contribution in [3.63, 3.8) is 0 Å². The minimum absolute atomic E-state index is 0.0134. The van der Waals surface area contributed by atoms with Gasteiger partial charge in [0.15, 0.2) is 0 Å². The highest BCUT2D eigenvalue weighted by molar-refractivity contribution is 5.82. The van der Waals surface area contributed by atoms with E-state index in [0.29, 0.717) is 12.1 Å². The number of nitro groups is 1. The summed E-state index contributed by atoms with van der Waals surface area (Å²) < 4.78 is 0. The highest BCUT2D eigenvalue weighted by Gasteiger charge is 2.22. The van der Waals surface area contributed by atoms with E-state index in [1.807, 2.05) is 0 Å². The van der Waals surface area contributed by atoms with Crippen LogP contribution in [0.5, 0.6) is 0 Å². The first kappa shape index (κ1) is 14.4. The largest absolute Gasteiger partial charge is 0.387 e. The van der Waals surface area contributed by atoms with Gasteiger partial charge in [-0.15, -0.1) is 0 Å². The van der Waals surface area contributed by atoms with Crippen molar-refractivity contribution in [2.24, 2.45) is 0 Å². The summed E-state index contributed by atoms with van der Waals surface area (Å²) >= 11 is 0. The number of carbonyl (C=O) groups is 1. The third-order valence-electron chi connectivity index (χ3n) is 3.33. The van der Waals surface area contributed by atoms with Crippen LogP contribution in [0.3, 0.4) is 0 Å². The summed E-state index contributed by atoms with van der Waals surface area (Å²) in [6.45, 7) is 0.928. The van der Waals surface area contributed by atoms with E-state index >= 15 is 0 Å². The third-order valence-corrected chi connectivity index (χ3v) is 3.33. The van der Waals surface area contributed by atoms with Gasteiger partial charge in [0.25, 0.3) is 5.69 Å². The average Bonchev–Trinajstić information content (AvgIpc) is 2.46. The van der Waals surface area contributed by atoms with Crippen LogP contribution in [-0.4, -0.2) is 35.1 Å². The molecule has 1 aromatic rings. The lowest BCUT2D eigenvalue weighted by molar-refractivity contribution is -0.384. The molecule has 1 saturated heterocycles. The second-order valence-electron chi connectivity index (χ2n) is 4.76. The standard InChI is InChI=1S/C13H17N3O4/c17-12(8-15-11-2-1-7-14-13(11)18)9-3-5-10(6-4-9)16(19)20/h3-6,11-12,15,17H,1-2,7-8H2,(H,14,18). The molecule has 0 aromatic heterocycles. The zero-order chi connectivity index (χ0) is 14.5. The van der Waals surface area contributed by atoms with Crippen LogP contribution in [0.4, 0.5) is 5.69 Å². The van der Waals surface area contributed by atoms with E-state index in [1.54, 1.807) is 0 Å². The van der Waals surface area contributed by atoms with Crippen molar-refractivity contribution < 1.29 is 14.8 Å². The Kier molecular flexibility index (Phi) is 4.65. The maximum Gasteiger partial charge on any atom is 0.269 e. The zero-order valence-electron chi connectivity index (χ0n) is 10.9. The van der Waals surface area contributed by atoms with Gasteiger partial charge in [-0.1, -0.05) is 0 Å². The minimum atomic E-state index is -0.800. The fourth-order valence-corrected chi connectivity index (χ4v) is 2.16. The molecule has 1 aromatic carbocycles. The summed E-state index contributed by atoms with van der Waals surface area (Å²) in [5.74, 6) is -0.0489. The van der Waals surface area contributed by atoms with Gasteiger partial charge in [-0.25, -0.2) is 0 Å². The SMILES string of the molecule is O=C1NCCCC1NCC(O)c1ccc([N+](=O)[O-])cc1. The van der Waals surface area contributed by atoms with Crippen LogP contribution >= 0.6 is 0 Å². The smallest absolute Gasteiger partial charge is 0.269 e. The van der Waals surface area contributed by atoms with Crippen molar-refractivity contribution in [1.29, 1.82) is 0 Å². The lowest BCUT2D eigenvalue weighted by atomic mass is 10.1. The molecule has 1 amide bonds. The number of nitrogens with zero attached hydrogens (tertiary/aromatic N) is 1. The van der Waals surface area contributed by atoms with E-state index in [-0.39, 0.29) is 24.2 Å². The molecule has 2 atom stereocenters. The van der Waals surface area contributed by atoms with Gasteiger partial charge in [-0.05, 0) is 30.5 Å². The molecule has 0 radical (unpaired) electrons. The van der Waals surface area contributed by atoms with Crippen LogP contribution in [0, 0.1) is 10.1 Å². The molecule has 7 nitrogen and oxygen atoms in total. The highest BCUT2D eigenvalue weighted by Crippen LogP contribution is 2.17. The number of nitro benzene ring substituents is 1.